The number of aliphatic hydroxyl groups excluding tert-OH is 1. The van der Waals surface area contributed by atoms with Gasteiger partial charge in [-0.15, -0.1) is 5.10 Å². The molecule has 0 bridgehead atoms. The molecule has 1 fully saturated rings. The summed E-state index contributed by atoms with van der Waals surface area (Å²) in [6.07, 6.45) is 2.45. The third-order valence-electron chi connectivity index (χ3n) is 11.8. The maximum absolute atomic E-state index is 14.3. The Morgan fingerprint density at radius 3 is 2.47 bits per heavy atom. The van der Waals surface area contributed by atoms with E-state index in [0.717, 1.165) is 47.2 Å². The molecule has 12 nitrogen and oxygen atoms in total. The number of esters is 1. The molecule has 0 radical (unpaired) electrons. The maximum Gasteiger partial charge on any atom is 0.331 e. The number of β-amino-alcohol motifs (C(OH)–C–C–N with tert-alkyl or cyclic N) is 1. The van der Waals surface area contributed by atoms with Crippen molar-refractivity contribution in [3.8, 4) is 17.1 Å². The molecule has 0 amide bonds. The van der Waals surface area contributed by atoms with Crippen LogP contribution in [0, 0.1) is 45.1 Å². The second-order valence-electron chi connectivity index (χ2n) is 17.1. The highest BCUT2D eigenvalue weighted by molar-refractivity contribution is 7.82. The number of rotatable bonds is 10. The van der Waals surface area contributed by atoms with Gasteiger partial charge in [0.15, 0.2) is 17.5 Å². The van der Waals surface area contributed by atoms with Crippen LogP contribution in [0.1, 0.15) is 94.8 Å². The van der Waals surface area contributed by atoms with Gasteiger partial charge in [-0.25, -0.2) is 24.3 Å². The third-order valence-corrected chi connectivity index (χ3v) is 12.6. The molecule has 2 aliphatic heterocycles. The number of carbonyl (C=O) groups excluding carboxylic acids is 1. The quantitative estimate of drug-likeness (QED) is 0.120. The largest absolute Gasteiger partial charge is 0.459 e. The SMILES string of the molecule is [C-]#[N+]C1=C(C(=O)OC2C(C)CC(C)CC2C)c2nc(-c3ccc(C)c(NS(=O)Oc4cc(C)ccc4C)c3)nn2C1=Nc1ccc2c(c1)C(C)CC(C)(C)N2CCO. The monoisotopic (exact) mass is 803 g/mol. The maximum atomic E-state index is 14.3. The number of carbonyl (C=O) groups is 1. The first kappa shape index (κ1) is 40.9. The van der Waals surface area contributed by atoms with E-state index in [4.69, 9.17) is 30.6 Å². The fourth-order valence-electron chi connectivity index (χ4n) is 9.12. The van der Waals surface area contributed by atoms with Gasteiger partial charge >= 0.3 is 17.2 Å². The summed E-state index contributed by atoms with van der Waals surface area (Å²) in [5.41, 5.74) is 6.45. The fraction of sp³-hybridized carbons (Fsp3) is 0.444. The Morgan fingerprint density at radius 1 is 1.03 bits per heavy atom. The number of ether oxygens (including phenoxy) is 1. The number of nitrogens with one attached hydrogen (secondary N) is 1. The molecule has 304 valence electrons. The lowest BCUT2D eigenvalue weighted by molar-refractivity contribution is -0.150. The molecule has 13 heteroatoms. The normalized spacial score (nSPS) is 23.6. The van der Waals surface area contributed by atoms with E-state index in [1.807, 2.05) is 69.3 Å². The molecule has 1 aliphatic carbocycles. The van der Waals surface area contributed by atoms with Gasteiger partial charge in [0.25, 0.3) is 0 Å². The molecule has 3 aliphatic rings. The Morgan fingerprint density at radius 2 is 1.76 bits per heavy atom. The highest BCUT2D eigenvalue weighted by Gasteiger charge is 2.41. The number of aryl methyl sites for hydroxylation is 3. The number of aromatic nitrogens is 3. The first-order chi connectivity index (χ1) is 27.6. The minimum absolute atomic E-state index is 0.0232. The van der Waals surface area contributed by atoms with Gasteiger partial charge in [0, 0.05) is 23.3 Å². The summed E-state index contributed by atoms with van der Waals surface area (Å²) >= 11 is -1.91. The molecule has 0 saturated heterocycles. The van der Waals surface area contributed by atoms with Gasteiger partial charge < -0.3 is 18.9 Å². The van der Waals surface area contributed by atoms with Crippen molar-refractivity contribution in [1.82, 2.24) is 14.8 Å². The lowest BCUT2D eigenvalue weighted by Gasteiger charge is -2.47. The fourth-order valence-corrected chi connectivity index (χ4v) is 9.90. The van der Waals surface area contributed by atoms with Crippen LogP contribution in [-0.4, -0.2) is 60.7 Å². The molecule has 2 N–H and O–H groups in total. The number of anilines is 2. The summed E-state index contributed by atoms with van der Waals surface area (Å²) in [6, 6.07) is 17.2. The molecular weight excluding hydrogens is 751 g/mol. The van der Waals surface area contributed by atoms with Gasteiger partial charge in [0.2, 0.25) is 5.70 Å². The van der Waals surface area contributed by atoms with E-state index in [1.165, 1.54) is 4.68 Å². The Balaban J connectivity index is 1.28. The lowest BCUT2D eigenvalue weighted by Crippen LogP contribution is -2.49. The Hall–Kier alpha value is -5.32. The first-order valence-electron chi connectivity index (χ1n) is 20.1. The molecule has 1 aromatic heterocycles. The second kappa shape index (κ2) is 16.1. The van der Waals surface area contributed by atoms with Crippen LogP contribution in [0.2, 0.25) is 0 Å². The number of fused-ring (bicyclic) bond motifs is 2. The highest BCUT2D eigenvalue weighted by Crippen LogP contribution is 2.45. The summed E-state index contributed by atoms with van der Waals surface area (Å²) in [5, 5.41) is 14.8. The third kappa shape index (κ3) is 7.92. The van der Waals surface area contributed by atoms with Crippen molar-refractivity contribution in [3.63, 3.8) is 0 Å². The zero-order valence-electron chi connectivity index (χ0n) is 34.8. The van der Waals surface area contributed by atoms with Crippen LogP contribution < -0.4 is 13.8 Å². The minimum atomic E-state index is -1.91. The van der Waals surface area contributed by atoms with E-state index in [9.17, 15) is 14.1 Å². The van der Waals surface area contributed by atoms with Crippen molar-refractivity contribution in [1.29, 1.82) is 0 Å². The second-order valence-corrected chi connectivity index (χ2v) is 17.9. The standard InChI is InChI=1S/C45H53N7O5S/c1-25-11-12-28(4)37(21-25)57-58(55)50-35-22-32(14-13-27(35)3)41-48-42-38(44(54)56-40-29(5)19-26(2)20-30(40)6)39(46-10)43(52(42)49-41)47-33-15-16-36-34(23-33)31(7)24-45(8,9)51(36)17-18-53/h11-16,21-23,26,29-31,40,50,53H,17-20,24H2,1-9H3. The molecule has 3 aromatic carbocycles. The Bertz CT molecular complexity index is 2380. The highest BCUT2D eigenvalue weighted by atomic mass is 32.2. The molecule has 4 atom stereocenters. The summed E-state index contributed by atoms with van der Waals surface area (Å²) in [6.45, 7) is 27.6. The van der Waals surface area contributed by atoms with Gasteiger partial charge in [0.05, 0.1) is 24.6 Å². The van der Waals surface area contributed by atoms with Crippen LogP contribution in [0.5, 0.6) is 5.75 Å². The van der Waals surface area contributed by atoms with Gasteiger partial charge in [0.1, 0.15) is 17.4 Å². The van der Waals surface area contributed by atoms with E-state index in [0.29, 0.717) is 35.2 Å². The molecular formula is C45H53N7O5S. The average Bonchev–Trinajstić information content (AvgIpc) is 3.71. The van der Waals surface area contributed by atoms with E-state index >= 15 is 0 Å². The number of hydrogen-bond donors (Lipinski definition) is 2. The van der Waals surface area contributed by atoms with Crippen LogP contribution in [0.3, 0.4) is 0 Å². The number of allylic oxidation sites excluding steroid dienone is 1. The lowest BCUT2D eigenvalue weighted by atomic mass is 9.75. The number of aliphatic imine (C=N–C) groups is 1. The van der Waals surface area contributed by atoms with E-state index in [2.05, 4.69) is 56.0 Å². The van der Waals surface area contributed by atoms with Crippen LogP contribution in [0.25, 0.3) is 21.8 Å². The van der Waals surface area contributed by atoms with Crippen LogP contribution in [0.4, 0.5) is 17.1 Å². The summed E-state index contributed by atoms with van der Waals surface area (Å²) < 4.78 is 29.7. The van der Waals surface area contributed by atoms with E-state index in [1.54, 1.807) is 6.07 Å². The number of hydrogen-bond acceptors (Lipinski definition) is 9. The van der Waals surface area contributed by atoms with Gasteiger partial charge in [-0.05, 0) is 130 Å². The summed E-state index contributed by atoms with van der Waals surface area (Å²) in [7, 11) is 0. The summed E-state index contributed by atoms with van der Waals surface area (Å²) in [5.74, 6) is 1.58. The first-order valence-corrected chi connectivity index (χ1v) is 21.1. The Kier molecular flexibility index (Phi) is 11.4. The van der Waals surface area contributed by atoms with Crippen molar-refractivity contribution in [2.45, 2.75) is 99.1 Å². The number of nitrogens with zero attached hydrogens (tertiary/aromatic N) is 6. The number of benzene rings is 3. The van der Waals surface area contributed by atoms with Crippen molar-refractivity contribution in [2.24, 2.45) is 22.7 Å². The van der Waals surface area contributed by atoms with Gasteiger partial charge in [-0.2, -0.15) is 4.21 Å². The average molecular weight is 804 g/mol. The minimum Gasteiger partial charge on any atom is -0.459 e. The van der Waals surface area contributed by atoms with Crippen molar-refractivity contribution >= 4 is 45.7 Å². The predicted molar refractivity (Wildman–Crippen MR) is 229 cm³/mol. The van der Waals surface area contributed by atoms with E-state index in [-0.39, 0.29) is 64.8 Å². The zero-order chi connectivity index (χ0) is 41.6. The smallest absolute Gasteiger partial charge is 0.331 e. The molecule has 1 saturated carbocycles. The van der Waals surface area contributed by atoms with Crippen LogP contribution in [-0.2, 0) is 20.8 Å². The number of aliphatic hydroxyl groups is 1. The molecule has 58 heavy (non-hydrogen) atoms. The molecule has 4 aromatic rings. The van der Waals surface area contributed by atoms with Crippen molar-refractivity contribution in [2.75, 3.05) is 22.8 Å². The van der Waals surface area contributed by atoms with Gasteiger partial charge in [-0.1, -0.05) is 52.0 Å². The Labute approximate surface area is 344 Å². The topological polar surface area (TPSA) is 136 Å². The van der Waals surface area contributed by atoms with E-state index < -0.39 is 17.2 Å². The predicted octanol–water partition coefficient (Wildman–Crippen LogP) is 8.86. The zero-order valence-corrected chi connectivity index (χ0v) is 35.6. The van der Waals surface area contributed by atoms with Crippen molar-refractivity contribution < 1.29 is 23.0 Å². The van der Waals surface area contributed by atoms with Crippen LogP contribution in [0.15, 0.2) is 65.3 Å². The van der Waals surface area contributed by atoms with Crippen molar-refractivity contribution in [3.05, 3.63) is 99.8 Å². The molecule has 7 rings (SSSR count). The van der Waals surface area contributed by atoms with Crippen LogP contribution >= 0.6 is 0 Å². The molecule has 4 unspecified atom stereocenters. The summed E-state index contributed by atoms with van der Waals surface area (Å²) in [4.78, 5) is 30.3. The molecule has 3 heterocycles. The molecule has 0 spiro atoms. The van der Waals surface area contributed by atoms with Gasteiger partial charge in [-0.3, -0.25) is 4.72 Å².